The van der Waals surface area contributed by atoms with Crippen LogP contribution in [0, 0.1) is 0 Å². The summed E-state index contributed by atoms with van der Waals surface area (Å²) in [6.45, 7) is 3.49. The highest BCUT2D eigenvalue weighted by atomic mass is 31.3. The highest BCUT2D eigenvalue weighted by molar-refractivity contribution is 7.64. The topological polar surface area (TPSA) is 104 Å². The standard InChI is InChI=1S/C6H16O6P2/c1-3-5-6(4-2)13(7,8)12-14(9,10)11/h6H,3-5H2,1-2H3,(H,7,8)(H2,9,10,11). The van der Waals surface area contributed by atoms with Gasteiger partial charge in [0.1, 0.15) is 0 Å². The fourth-order valence-electron chi connectivity index (χ4n) is 1.15. The SMILES string of the molecule is CCCC(CC)P(=O)(O)OP(=O)(O)O. The first-order chi connectivity index (χ1) is 6.23. The minimum absolute atomic E-state index is 0.349. The fraction of sp³-hybridized carbons (Fsp3) is 1.00. The van der Waals surface area contributed by atoms with Gasteiger partial charge in [-0.05, 0) is 12.8 Å². The third-order valence-electron chi connectivity index (χ3n) is 1.78. The molecule has 0 bridgehead atoms. The molecule has 0 saturated carbocycles. The predicted octanol–water partition coefficient (Wildman–Crippen LogP) is 1.86. The Balaban J connectivity index is 4.57. The summed E-state index contributed by atoms with van der Waals surface area (Å²) in [6.07, 6.45) is 1.42. The van der Waals surface area contributed by atoms with E-state index in [1.54, 1.807) is 6.92 Å². The van der Waals surface area contributed by atoms with Crippen molar-refractivity contribution in [3.8, 4) is 0 Å². The minimum atomic E-state index is -4.89. The molecule has 0 aliphatic heterocycles. The Morgan fingerprint density at radius 1 is 1.21 bits per heavy atom. The zero-order valence-electron chi connectivity index (χ0n) is 8.16. The highest BCUT2D eigenvalue weighted by Gasteiger charge is 2.37. The lowest BCUT2D eigenvalue weighted by Gasteiger charge is -2.20. The van der Waals surface area contributed by atoms with Crippen molar-refractivity contribution in [3.63, 3.8) is 0 Å². The van der Waals surface area contributed by atoms with Gasteiger partial charge in [-0.15, -0.1) is 0 Å². The van der Waals surface area contributed by atoms with Gasteiger partial charge in [-0.2, -0.15) is 0 Å². The fourth-order valence-corrected chi connectivity index (χ4v) is 3.95. The van der Waals surface area contributed by atoms with Crippen LogP contribution >= 0.6 is 15.4 Å². The Bertz CT molecular complexity index is 259. The van der Waals surface area contributed by atoms with E-state index in [1.165, 1.54) is 0 Å². The maximum atomic E-state index is 11.4. The van der Waals surface area contributed by atoms with E-state index in [1.807, 2.05) is 6.92 Å². The number of phosphoric acid groups is 1. The summed E-state index contributed by atoms with van der Waals surface area (Å²) in [5.41, 5.74) is -0.708. The Hall–Kier alpha value is 0.300. The lowest BCUT2D eigenvalue weighted by molar-refractivity contribution is 0.257. The molecule has 2 atom stereocenters. The summed E-state index contributed by atoms with van der Waals surface area (Å²) in [5, 5.41) is 0. The van der Waals surface area contributed by atoms with Gasteiger partial charge in [0.25, 0.3) is 0 Å². The van der Waals surface area contributed by atoms with Crippen molar-refractivity contribution < 1.29 is 28.1 Å². The van der Waals surface area contributed by atoms with Gasteiger partial charge in [-0.25, -0.2) is 8.88 Å². The maximum Gasteiger partial charge on any atom is 0.476 e. The van der Waals surface area contributed by atoms with Crippen LogP contribution in [0.2, 0.25) is 0 Å². The summed E-state index contributed by atoms with van der Waals surface area (Å²) in [6, 6.07) is 0. The molecule has 0 spiro atoms. The van der Waals surface area contributed by atoms with Gasteiger partial charge in [0.15, 0.2) is 0 Å². The molecule has 0 radical (unpaired) electrons. The Morgan fingerprint density at radius 3 is 2.00 bits per heavy atom. The van der Waals surface area contributed by atoms with Crippen molar-refractivity contribution >= 4 is 15.4 Å². The van der Waals surface area contributed by atoms with Gasteiger partial charge < -0.3 is 14.7 Å². The van der Waals surface area contributed by atoms with Crippen LogP contribution in [-0.4, -0.2) is 20.3 Å². The lowest BCUT2D eigenvalue weighted by atomic mass is 10.2. The number of hydrogen-bond acceptors (Lipinski definition) is 3. The maximum absolute atomic E-state index is 11.4. The zero-order chi connectivity index (χ0) is 11.4. The van der Waals surface area contributed by atoms with Gasteiger partial charge in [-0.1, -0.05) is 20.3 Å². The van der Waals surface area contributed by atoms with E-state index in [0.717, 1.165) is 0 Å². The molecule has 3 N–H and O–H groups in total. The molecule has 0 aliphatic carbocycles. The van der Waals surface area contributed by atoms with Crippen LogP contribution in [0.1, 0.15) is 33.1 Å². The van der Waals surface area contributed by atoms with Gasteiger partial charge in [-0.3, -0.25) is 4.57 Å². The minimum Gasteiger partial charge on any atom is -0.324 e. The molecule has 0 aromatic rings. The first-order valence-corrected chi connectivity index (χ1v) is 7.50. The largest absolute Gasteiger partial charge is 0.476 e. The monoisotopic (exact) mass is 246 g/mol. The third kappa shape index (κ3) is 5.25. The second kappa shape index (κ2) is 5.40. The molecular weight excluding hydrogens is 230 g/mol. The van der Waals surface area contributed by atoms with E-state index in [-0.39, 0.29) is 0 Å². The summed E-state index contributed by atoms with van der Waals surface area (Å²) < 4.78 is 25.7. The molecule has 0 fully saturated rings. The van der Waals surface area contributed by atoms with E-state index in [0.29, 0.717) is 19.3 Å². The smallest absolute Gasteiger partial charge is 0.324 e. The summed E-state index contributed by atoms with van der Waals surface area (Å²) in [5.74, 6) is 0. The van der Waals surface area contributed by atoms with Gasteiger partial charge in [0, 0.05) is 0 Å². The molecule has 0 rings (SSSR count). The quantitative estimate of drug-likeness (QED) is 0.618. The Labute approximate surface area is 83.1 Å². The zero-order valence-corrected chi connectivity index (χ0v) is 9.95. The van der Waals surface area contributed by atoms with Gasteiger partial charge in [0.2, 0.25) is 0 Å². The van der Waals surface area contributed by atoms with Crippen molar-refractivity contribution in [1.29, 1.82) is 0 Å². The average molecular weight is 246 g/mol. The Morgan fingerprint density at radius 2 is 1.71 bits per heavy atom. The number of rotatable bonds is 6. The molecule has 14 heavy (non-hydrogen) atoms. The first-order valence-electron chi connectivity index (χ1n) is 4.32. The summed E-state index contributed by atoms with van der Waals surface area (Å²) in [7, 11) is -9.09. The van der Waals surface area contributed by atoms with E-state index < -0.39 is 21.1 Å². The first kappa shape index (κ1) is 14.3. The molecule has 0 heterocycles. The molecular formula is C6H16O6P2. The molecule has 0 aliphatic rings. The van der Waals surface area contributed by atoms with Crippen LogP contribution in [-0.2, 0) is 13.4 Å². The Kier molecular flexibility index (Phi) is 5.52. The van der Waals surface area contributed by atoms with E-state index in [2.05, 4.69) is 4.31 Å². The average Bonchev–Trinajstić information content (AvgIpc) is 1.94. The second-order valence-corrected chi connectivity index (χ2v) is 6.48. The van der Waals surface area contributed by atoms with E-state index >= 15 is 0 Å². The normalized spacial score (nSPS) is 18.9. The van der Waals surface area contributed by atoms with Crippen molar-refractivity contribution in [3.05, 3.63) is 0 Å². The van der Waals surface area contributed by atoms with Crippen molar-refractivity contribution in [2.45, 2.75) is 38.8 Å². The van der Waals surface area contributed by atoms with Crippen LogP contribution in [0.25, 0.3) is 0 Å². The molecule has 0 saturated heterocycles. The third-order valence-corrected chi connectivity index (χ3v) is 5.11. The summed E-state index contributed by atoms with van der Waals surface area (Å²) in [4.78, 5) is 26.1. The molecule has 86 valence electrons. The molecule has 2 unspecified atom stereocenters. The molecule has 6 nitrogen and oxygen atoms in total. The predicted molar refractivity (Wildman–Crippen MR) is 51.9 cm³/mol. The lowest BCUT2D eigenvalue weighted by Crippen LogP contribution is -2.08. The van der Waals surface area contributed by atoms with Crippen molar-refractivity contribution in [1.82, 2.24) is 0 Å². The van der Waals surface area contributed by atoms with Crippen LogP contribution in [0.4, 0.5) is 0 Å². The van der Waals surface area contributed by atoms with Crippen molar-refractivity contribution in [2.75, 3.05) is 0 Å². The van der Waals surface area contributed by atoms with Crippen LogP contribution in [0.5, 0.6) is 0 Å². The van der Waals surface area contributed by atoms with Gasteiger partial charge in [0.05, 0.1) is 5.66 Å². The molecule has 0 aromatic heterocycles. The van der Waals surface area contributed by atoms with Crippen LogP contribution < -0.4 is 0 Å². The molecule has 8 heteroatoms. The van der Waals surface area contributed by atoms with Crippen molar-refractivity contribution in [2.24, 2.45) is 0 Å². The second-order valence-electron chi connectivity index (χ2n) is 2.99. The van der Waals surface area contributed by atoms with E-state index in [4.69, 9.17) is 9.79 Å². The van der Waals surface area contributed by atoms with Crippen LogP contribution in [0.3, 0.4) is 0 Å². The highest BCUT2D eigenvalue weighted by Crippen LogP contribution is 2.61. The molecule has 0 amide bonds. The van der Waals surface area contributed by atoms with Gasteiger partial charge >= 0.3 is 15.4 Å². The summed E-state index contributed by atoms with van der Waals surface area (Å²) >= 11 is 0. The van der Waals surface area contributed by atoms with E-state index in [9.17, 15) is 14.0 Å². The van der Waals surface area contributed by atoms with Crippen LogP contribution in [0.15, 0.2) is 0 Å². The molecule has 0 aromatic carbocycles. The number of hydrogen-bond donors (Lipinski definition) is 3.